The third-order valence-corrected chi connectivity index (χ3v) is 5.32. The maximum absolute atomic E-state index is 15.5. The molecule has 1 saturated heterocycles. The molecule has 1 aliphatic rings. The molecule has 0 aliphatic carbocycles. The summed E-state index contributed by atoms with van der Waals surface area (Å²) >= 11 is 0. The molecule has 4 heteroatoms. The molecule has 0 atom stereocenters. The lowest BCUT2D eigenvalue weighted by molar-refractivity contribution is 0.00578. The van der Waals surface area contributed by atoms with Crippen molar-refractivity contribution in [3.63, 3.8) is 0 Å². The highest BCUT2D eigenvalue weighted by Gasteiger charge is 2.53. The number of halogens is 1. The van der Waals surface area contributed by atoms with Gasteiger partial charge < -0.3 is 9.31 Å². The van der Waals surface area contributed by atoms with Crippen molar-refractivity contribution in [3.05, 3.63) is 83.1 Å². The first-order chi connectivity index (χ1) is 12.3. The highest BCUT2D eigenvalue weighted by molar-refractivity contribution is 6.53. The molecule has 0 spiro atoms. The molecule has 3 rings (SSSR count). The molecule has 0 saturated carbocycles. The average molecular weight is 352 g/mol. The minimum atomic E-state index is -0.956. The summed E-state index contributed by atoms with van der Waals surface area (Å²) in [7, 11) is -0.956. The number of hydrogen-bond acceptors (Lipinski definition) is 2. The number of benzene rings is 2. The Labute approximate surface area is 156 Å². The Morgan fingerprint density at radius 2 is 1.15 bits per heavy atom. The van der Waals surface area contributed by atoms with E-state index in [1.54, 1.807) is 0 Å². The normalized spacial score (nSPS) is 18.0. The van der Waals surface area contributed by atoms with Gasteiger partial charge in [-0.15, -0.1) is 0 Å². The molecule has 1 aliphatic heterocycles. The molecule has 1 fully saturated rings. The van der Waals surface area contributed by atoms with Crippen LogP contribution in [0.15, 0.2) is 72.0 Å². The Bertz CT molecular complexity index is 710. The first-order valence-electron chi connectivity index (χ1n) is 9.09. The Morgan fingerprint density at radius 3 is 1.54 bits per heavy atom. The van der Waals surface area contributed by atoms with Crippen LogP contribution in [0.25, 0.3) is 0 Å². The molecule has 0 aromatic heterocycles. The van der Waals surface area contributed by atoms with Crippen LogP contribution in [0, 0.1) is 0 Å². The monoisotopic (exact) mass is 352 g/mol. The number of hydrogen-bond donors (Lipinski definition) is 0. The fraction of sp³-hybridized carbons (Fsp3) is 0.364. The summed E-state index contributed by atoms with van der Waals surface area (Å²) in [6, 6.07) is 19.9. The molecule has 2 aromatic carbocycles. The first kappa shape index (κ1) is 18.9. The molecular weight excluding hydrogens is 326 g/mol. The van der Waals surface area contributed by atoms with E-state index >= 15 is 4.39 Å². The fourth-order valence-electron chi connectivity index (χ4n) is 3.03. The molecule has 0 radical (unpaired) electrons. The quantitative estimate of drug-likeness (QED) is 0.678. The standard InChI is InChI=1S/C22H26BFO2/c1-21(2)22(3,4)26-23(25-21)20(24)19(15-17-11-7-5-8-12-17)16-18-13-9-6-10-14-18/h5-14H,15-16H2,1-4H3. The molecule has 136 valence electrons. The van der Waals surface area contributed by atoms with E-state index in [-0.39, 0.29) is 5.73 Å². The van der Waals surface area contributed by atoms with Crippen molar-refractivity contribution in [1.82, 2.24) is 0 Å². The molecule has 26 heavy (non-hydrogen) atoms. The van der Waals surface area contributed by atoms with Gasteiger partial charge in [-0.2, -0.15) is 0 Å². The summed E-state index contributed by atoms with van der Waals surface area (Å²) in [4.78, 5) is 0. The molecule has 2 aromatic rings. The van der Waals surface area contributed by atoms with Crippen molar-refractivity contribution >= 4 is 7.12 Å². The van der Waals surface area contributed by atoms with Crippen LogP contribution in [0.5, 0.6) is 0 Å². The van der Waals surface area contributed by atoms with Crippen molar-refractivity contribution in [1.29, 1.82) is 0 Å². The van der Waals surface area contributed by atoms with Crippen molar-refractivity contribution in [2.75, 3.05) is 0 Å². The van der Waals surface area contributed by atoms with Gasteiger partial charge in [0.15, 0.2) is 0 Å². The lowest BCUT2D eigenvalue weighted by Crippen LogP contribution is -2.41. The molecule has 2 nitrogen and oxygen atoms in total. The first-order valence-corrected chi connectivity index (χ1v) is 9.09. The van der Waals surface area contributed by atoms with Gasteiger partial charge >= 0.3 is 7.12 Å². The van der Waals surface area contributed by atoms with Gasteiger partial charge in [-0.25, -0.2) is 4.39 Å². The van der Waals surface area contributed by atoms with Gasteiger partial charge in [-0.3, -0.25) is 0 Å². The molecule has 0 bridgehead atoms. The van der Waals surface area contributed by atoms with Crippen LogP contribution >= 0.6 is 0 Å². The summed E-state index contributed by atoms with van der Waals surface area (Å²) in [6.45, 7) is 7.76. The number of rotatable bonds is 5. The maximum Gasteiger partial charge on any atom is 0.525 e. The average Bonchev–Trinajstić information content (AvgIpc) is 2.83. The van der Waals surface area contributed by atoms with Gasteiger partial charge in [-0.05, 0) is 57.2 Å². The largest absolute Gasteiger partial charge is 0.525 e. The van der Waals surface area contributed by atoms with E-state index < -0.39 is 18.3 Å². The van der Waals surface area contributed by atoms with Crippen molar-refractivity contribution in [3.8, 4) is 0 Å². The SMILES string of the molecule is CC1(C)OB(C(F)=C(Cc2ccccc2)Cc2ccccc2)OC1(C)C. The van der Waals surface area contributed by atoms with Crippen LogP contribution in [-0.2, 0) is 22.2 Å². The smallest absolute Gasteiger partial charge is 0.398 e. The van der Waals surface area contributed by atoms with Gasteiger partial charge in [0.25, 0.3) is 0 Å². The van der Waals surface area contributed by atoms with E-state index in [4.69, 9.17) is 9.31 Å². The molecule has 1 heterocycles. The third kappa shape index (κ3) is 4.08. The number of allylic oxidation sites excluding steroid dienone is 1. The second kappa shape index (κ2) is 7.38. The van der Waals surface area contributed by atoms with Gasteiger partial charge in [0.2, 0.25) is 0 Å². The van der Waals surface area contributed by atoms with Crippen LogP contribution in [0.3, 0.4) is 0 Å². The Hall–Kier alpha value is -1.91. The van der Waals surface area contributed by atoms with Crippen molar-refractivity contribution in [2.24, 2.45) is 0 Å². The van der Waals surface area contributed by atoms with Crippen LogP contribution in [0.1, 0.15) is 38.8 Å². The van der Waals surface area contributed by atoms with E-state index in [1.807, 2.05) is 88.4 Å². The van der Waals surface area contributed by atoms with E-state index in [0.717, 1.165) is 11.1 Å². The predicted octanol–water partition coefficient (Wildman–Crippen LogP) is 5.33. The summed E-state index contributed by atoms with van der Waals surface area (Å²) < 4.78 is 27.3. The zero-order chi connectivity index (χ0) is 18.8. The van der Waals surface area contributed by atoms with Crippen LogP contribution in [0.4, 0.5) is 4.39 Å². The minimum absolute atomic E-state index is 0.309. The molecular formula is C22H26BFO2. The van der Waals surface area contributed by atoms with Crippen LogP contribution < -0.4 is 0 Å². The zero-order valence-corrected chi connectivity index (χ0v) is 16.0. The third-order valence-electron chi connectivity index (χ3n) is 5.32. The lowest BCUT2D eigenvalue weighted by Gasteiger charge is -2.32. The van der Waals surface area contributed by atoms with E-state index in [2.05, 4.69) is 0 Å². The van der Waals surface area contributed by atoms with Crippen LogP contribution in [0.2, 0.25) is 0 Å². The van der Waals surface area contributed by atoms with Gasteiger partial charge in [-0.1, -0.05) is 60.7 Å². The van der Waals surface area contributed by atoms with Crippen LogP contribution in [-0.4, -0.2) is 18.3 Å². The molecule has 0 N–H and O–H groups in total. The lowest BCUT2D eigenvalue weighted by atomic mass is 9.81. The van der Waals surface area contributed by atoms with E-state index in [9.17, 15) is 0 Å². The summed E-state index contributed by atoms with van der Waals surface area (Å²) in [5.41, 5.74) is 1.42. The summed E-state index contributed by atoms with van der Waals surface area (Å²) in [5.74, 6) is 0. The fourth-order valence-corrected chi connectivity index (χ4v) is 3.03. The molecule has 0 amide bonds. The Morgan fingerprint density at radius 1 is 0.769 bits per heavy atom. The Balaban J connectivity index is 1.92. The van der Waals surface area contributed by atoms with E-state index in [1.165, 1.54) is 0 Å². The second-order valence-electron chi connectivity index (χ2n) is 7.86. The van der Waals surface area contributed by atoms with Gasteiger partial charge in [0.05, 0.1) is 11.2 Å². The van der Waals surface area contributed by atoms with Crippen molar-refractivity contribution in [2.45, 2.75) is 51.7 Å². The molecule has 0 unspecified atom stereocenters. The van der Waals surface area contributed by atoms with Crippen molar-refractivity contribution < 1.29 is 13.7 Å². The zero-order valence-electron chi connectivity index (χ0n) is 16.0. The topological polar surface area (TPSA) is 18.5 Å². The van der Waals surface area contributed by atoms with E-state index in [0.29, 0.717) is 18.4 Å². The van der Waals surface area contributed by atoms with Gasteiger partial charge in [0, 0.05) is 0 Å². The highest BCUT2D eigenvalue weighted by atomic mass is 19.1. The highest BCUT2D eigenvalue weighted by Crippen LogP contribution is 2.39. The predicted molar refractivity (Wildman–Crippen MR) is 105 cm³/mol. The maximum atomic E-state index is 15.5. The van der Waals surface area contributed by atoms with Gasteiger partial charge in [0.1, 0.15) is 5.73 Å². The summed E-state index contributed by atoms with van der Waals surface area (Å²) in [5, 5.41) is 0. The minimum Gasteiger partial charge on any atom is -0.398 e. The Kier molecular flexibility index (Phi) is 5.35. The second-order valence-corrected chi connectivity index (χ2v) is 7.86. The summed E-state index contributed by atoms with van der Waals surface area (Å²) in [6.07, 6.45) is 1.07.